The standard InChI is InChI=1S/C38H40N2O8S/c41-35(28-4-3-5-30(22-28)47-21-20-45-18-19-46-23-31-24-48-31)40-37-34(32-6-1-2-7-33(32)49-37)36(42)39-29-16-12-26(13-17-29)9-8-25-10-14-27(15-11-25)38(43)44/h3-5,10-17,22,31H,1-2,6-9,18-21,23-24H2,(H,39,42)(H,40,41)(H,43,44). The smallest absolute Gasteiger partial charge is 0.335 e. The maximum Gasteiger partial charge on any atom is 0.335 e. The normalized spacial score (nSPS) is 14.9. The predicted molar refractivity (Wildman–Crippen MR) is 187 cm³/mol. The molecule has 0 spiro atoms. The number of rotatable bonds is 17. The van der Waals surface area contributed by atoms with Crippen molar-refractivity contribution < 1.29 is 38.4 Å². The molecule has 2 heterocycles. The van der Waals surface area contributed by atoms with E-state index in [9.17, 15) is 14.4 Å². The molecule has 256 valence electrons. The van der Waals surface area contributed by atoms with E-state index in [0.717, 1.165) is 66.7 Å². The van der Waals surface area contributed by atoms with Crippen LogP contribution in [0.3, 0.4) is 0 Å². The predicted octanol–water partition coefficient (Wildman–Crippen LogP) is 6.43. The van der Waals surface area contributed by atoms with Crippen molar-refractivity contribution in [3.8, 4) is 5.75 Å². The van der Waals surface area contributed by atoms with Crippen molar-refractivity contribution in [3.05, 3.63) is 111 Å². The molecule has 1 aliphatic carbocycles. The van der Waals surface area contributed by atoms with Gasteiger partial charge in [-0.3, -0.25) is 9.59 Å². The lowest BCUT2D eigenvalue weighted by molar-refractivity contribution is 0.0317. The molecule has 11 heteroatoms. The van der Waals surface area contributed by atoms with Crippen LogP contribution in [0.2, 0.25) is 0 Å². The summed E-state index contributed by atoms with van der Waals surface area (Å²) in [6, 6.07) is 21.6. The van der Waals surface area contributed by atoms with Gasteiger partial charge < -0.3 is 34.7 Å². The Labute approximate surface area is 289 Å². The van der Waals surface area contributed by atoms with Gasteiger partial charge in [0.1, 0.15) is 23.5 Å². The summed E-state index contributed by atoms with van der Waals surface area (Å²) in [6.45, 7) is 3.07. The van der Waals surface area contributed by atoms with Crippen molar-refractivity contribution in [2.24, 2.45) is 0 Å². The van der Waals surface area contributed by atoms with Crippen molar-refractivity contribution in [1.29, 1.82) is 0 Å². The van der Waals surface area contributed by atoms with Crippen LogP contribution in [0.1, 0.15) is 65.5 Å². The van der Waals surface area contributed by atoms with Gasteiger partial charge in [0.15, 0.2) is 0 Å². The fourth-order valence-electron chi connectivity index (χ4n) is 5.66. The van der Waals surface area contributed by atoms with Crippen LogP contribution in [0, 0.1) is 0 Å². The number of amides is 2. The lowest BCUT2D eigenvalue weighted by Crippen LogP contribution is -2.18. The van der Waals surface area contributed by atoms with Gasteiger partial charge in [0.05, 0.1) is 44.2 Å². The minimum atomic E-state index is -0.937. The SMILES string of the molecule is O=C(O)c1ccc(CCc2ccc(NC(=O)c3c(NC(=O)c4cccc(OCCOCCOCC5CO5)c4)sc4c3CCCC4)cc2)cc1. The van der Waals surface area contributed by atoms with Crippen molar-refractivity contribution in [1.82, 2.24) is 0 Å². The first kappa shape index (κ1) is 34.3. The van der Waals surface area contributed by atoms with E-state index in [1.807, 2.05) is 36.4 Å². The second-order valence-corrected chi connectivity index (χ2v) is 13.1. The number of nitrogens with one attached hydrogen (secondary N) is 2. The molecule has 4 aromatic rings. The lowest BCUT2D eigenvalue weighted by Gasteiger charge is -2.14. The van der Waals surface area contributed by atoms with Crippen LogP contribution in [0.4, 0.5) is 10.7 Å². The number of benzene rings is 3. The van der Waals surface area contributed by atoms with Gasteiger partial charge in [-0.15, -0.1) is 11.3 Å². The van der Waals surface area contributed by atoms with E-state index >= 15 is 0 Å². The fraction of sp³-hybridized carbons (Fsp3) is 0.342. The maximum atomic E-state index is 13.7. The Morgan fingerprint density at radius 3 is 2.22 bits per heavy atom. The fourth-order valence-corrected chi connectivity index (χ4v) is 6.95. The summed E-state index contributed by atoms with van der Waals surface area (Å²) in [5.74, 6) is -0.938. The van der Waals surface area contributed by atoms with Crippen LogP contribution < -0.4 is 15.4 Å². The van der Waals surface area contributed by atoms with Gasteiger partial charge in [-0.2, -0.15) is 0 Å². The molecular formula is C38H40N2O8S. The Morgan fingerprint density at radius 1 is 0.796 bits per heavy atom. The molecule has 1 aliphatic heterocycles. The number of anilines is 2. The monoisotopic (exact) mass is 684 g/mol. The highest BCUT2D eigenvalue weighted by Crippen LogP contribution is 2.39. The molecule has 0 bridgehead atoms. The van der Waals surface area contributed by atoms with E-state index in [0.29, 0.717) is 60.6 Å². The van der Waals surface area contributed by atoms with E-state index in [1.165, 1.54) is 11.3 Å². The molecule has 1 saturated heterocycles. The summed E-state index contributed by atoms with van der Waals surface area (Å²) in [6.07, 6.45) is 5.52. The van der Waals surface area contributed by atoms with Crippen LogP contribution in [-0.4, -0.2) is 68.6 Å². The average Bonchev–Trinajstić information content (AvgIpc) is 3.87. The highest BCUT2D eigenvalue weighted by atomic mass is 32.1. The highest BCUT2D eigenvalue weighted by molar-refractivity contribution is 7.17. The first-order valence-corrected chi connectivity index (χ1v) is 17.4. The summed E-state index contributed by atoms with van der Waals surface area (Å²) in [5.41, 5.74) is 5.07. The first-order chi connectivity index (χ1) is 23.9. The van der Waals surface area contributed by atoms with Gasteiger partial charge in [-0.05, 0) is 97.7 Å². The van der Waals surface area contributed by atoms with Gasteiger partial charge in [0.2, 0.25) is 0 Å². The number of thiophene rings is 1. The quantitative estimate of drug-likeness (QED) is 0.0856. The number of carbonyl (C=O) groups is 3. The van der Waals surface area contributed by atoms with Crippen LogP contribution >= 0.6 is 11.3 Å². The van der Waals surface area contributed by atoms with Crippen molar-refractivity contribution >= 4 is 39.8 Å². The summed E-state index contributed by atoms with van der Waals surface area (Å²) in [4.78, 5) is 39.4. The molecule has 2 aliphatic rings. The van der Waals surface area contributed by atoms with Crippen LogP contribution in [-0.2, 0) is 39.9 Å². The third kappa shape index (κ3) is 9.76. The van der Waals surface area contributed by atoms with Crippen molar-refractivity contribution in [2.45, 2.75) is 44.6 Å². The molecule has 1 aromatic heterocycles. The average molecular weight is 685 g/mol. The van der Waals surface area contributed by atoms with E-state index in [-0.39, 0.29) is 23.5 Å². The third-order valence-electron chi connectivity index (χ3n) is 8.41. The molecule has 49 heavy (non-hydrogen) atoms. The highest BCUT2D eigenvalue weighted by Gasteiger charge is 2.27. The molecule has 1 unspecified atom stereocenters. The molecule has 1 fully saturated rings. The number of hydrogen-bond acceptors (Lipinski definition) is 8. The number of carboxylic acids is 1. The number of carboxylic acid groups (broad SMARTS) is 1. The summed E-state index contributed by atoms with van der Waals surface area (Å²) in [5, 5.41) is 15.7. The zero-order valence-electron chi connectivity index (χ0n) is 27.2. The number of aromatic carboxylic acids is 1. The van der Waals surface area contributed by atoms with Gasteiger partial charge >= 0.3 is 5.97 Å². The number of carbonyl (C=O) groups excluding carboxylic acids is 2. The van der Waals surface area contributed by atoms with E-state index in [2.05, 4.69) is 10.6 Å². The van der Waals surface area contributed by atoms with Gasteiger partial charge in [0, 0.05) is 16.1 Å². The molecular weight excluding hydrogens is 644 g/mol. The zero-order valence-corrected chi connectivity index (χ0v) is 28.0. The van der Waals surface area contributed by atoms with Crippen LogP contribution in [0.5, 0.6) is 5.75 Å². The second kappa shape index (κ2) is 16.7. The molecule has 3 N–H and O–H groups in total. The van der Waals surface area contributed by atoms with Crippen molar-refractivity contribution in [2.75, 3.05) is 50.3 Å². The molecule has 1 atom stereocenters. The number of epoxide rings is 1. The molecule has 6 rings (SSSR count). The maximum absolute atomic E-state index is 13.7. The molecule has 3 aromatic carbocycles. The van der Waals surface area contributed by atoms with E-state index in [4.69, 9.17) is 24.1 Å². The molecule has 2 amide bonds. The lowest BCUT2D eigenvalue weighted by atomic mass is 9.95. The van der Waals surface area contributed by atoms with Gasteiger partial charge in [-0.1, -0.05) is 30.3 Å². The second-order valence-electron chi connectivity index (χ2n) is 12.0. The number of fused-ring (bicyclic) bond motifs is 1. The molecule has 10 nitrogen and oxygen atoms in total. The number of ether oxygens (including phenoxy) is 4. The Morgan fingerprint density at radius 2 is 1.49 bits per heavy atom. The topological polar surface area (TPSA) is 136 Å². The Hall–Kier alpha value is -4.55. The third-order valence-corrected chi connectivity index (χ3v) is 9.62. The summed E-state index contributed by atoms with van der Waals surface area (Å²) in [7, 11) is 0. The van der Waals surface area contributed by atoms with E-state index in [1.54, 1.807) is 36.4 Å². The minimum absolute atomic E-state index is 0.239. The zero-order chi connectivity index (χ0) is 34.0. The molecule has 0 saturated carbocycles. The van der Waals surface area contributed by atoms with Crippen LogP contribution in [0.25, 0.3) is 0 Å². The van der Waals surface area contributed by atoms with E-state index < -0.39 is 5.97 Å². The van der Waals surface area contributed by atoms with Crippen molar-refractivity contribution in [3.63, 3.8) is 0 Å². The number of hydrogen-bond donors (Lipinski definition) is 3. The molecule has 0 radical (unpaired) electrons. The number of aryl methyl sites for hydroxylation is 3. The Balaban J connectivity index is 1.04. The Bertz CT molecular complexity index is 1750. The van der Waals surface area contributed by atoms with Gasteiger partial charge in [0.25, 0.3) is 11.8 Å². The largest absolute Gasteiger partial charge is 0.491 e. The van der Waals surface area contributed by atoms with Gasteiger partial charge in [-0.25, -0.2) is 4.79 Å². The first-order valence-electron chi connectivity index (χ1n) is 16.6. The summed E-state index contributed by atoms with van der Waals surface area (Å²) < 4.78 is 21.9. The minimum Gasteiger partial charge on any atom is -0.491 e. The van der Waals surface area contributed by atoms with Crippen LogP contribution in [0.15, 0.2) is 72.8 Å². The Kier molecular flexibility index (Phi) is 11.7. The summed E-state index contributed by atoms with van der Waals surface area (Å²) >= 11 is 1.48.